The fourth-order valence-corrected chi connectivity index (χ4v) is 3.35. The van der Waals surface area contributed by atoms with Crippen LogP contribution in [0.4, 0.5) is 4.39 Å². The lowest BCUT2D eigenvalue weighted by Crippen LogP contribution is -2.28. The van der Waals surface area contributed by atoms with Gasteiger partial charge in [-0.15, -0.1) is 0 Å². The number of esters is 1. The number of benzene rings is 1. The summed E-state index contributed by atoms with van der Waals surface area (Å²) in [5, 5.41) is 0.170. The van der Waals surface area contributed by atoms with Crippen molar-refractivity contribution in [2.75, 3.05) is 13.2 Å². The molecule has 1 aromatic heterocycles. The molecule has 2 aliphatic rings. The number of carbonyl (C=O) groups is 1. The van der Waals surface area contributed by atoms with E-state index in [1.807, 2.05) is 11.5 Å². The zero-order valence-corrected chi connectivity index (χ0v) is 13.6. The topological polar surface area (TPSA) is 57.5 Å². The number of nitrogens with zero attached hydrogens (tertiary/aromatic N) is 1. The Bertz CT molecular complexity index is 914. The summed E-state index contributed by atoms with van der Waals surface area (Å²) in [6.45, 7) is 4.16. The first kappa shape index (κ1) is 15.2. The summed E-state index contributed by atoms with van der Waals surface area (Å²) in [5.41, 5.74) is 0.559. The van der Waals surface area contributed by atoms with E-state index in [1.54, 1.807) is 6.92 Å². The molecule has 0 radical (unpaired) electrons. The summed E-state index contributed by atoms with van der Waals surface area (Å²) in [5.74, 6) is -0.497. The summed E-state index contributed by atoms with van der Waals surface area (Å²) >= 11 is 0. The summed E-state index contributed by atoms with van der Waals surface area (Å²) in [6.07, 6.45) is 3.38. The van der Waals surface area contributed by atoms with Gasteiger partial charge in [-0.3, -0.25) is 4.79 Å². The Labute approximate surface area is 138 Å². The van der Waals surface area contributed by atoms with E-state index in [9.17, 15) is 14.0 Å². The molecule has 1 atom stereocenters. The molecule has 1 aromatic carbocycles. The average molecular weight is 331 g/mol. The second kappa shape index (κ2) is 5.33. The van der Waals surface area contributed by atoms with Crippen LogP contribution in [-0.2, 0) is 4.74 Å². The fourth-order valence-electron chi connectivity index (χ4n) is 3.35. The molecule has 6 heteroatoms. The van der Waals surface area contributed by atoms with Gasteiger partial charge in [-0.25, -0.2) is 9.18 Å². The second-order valence-corrected chi connectivity index (χ2v) is 6.43. The van der Waals surface area contributed by atoms with Crippen molar-refractivity contribution in [3.05, 3.63) is 39.4 Å². The van der Waals surface area contributed by atoms with E-state index in [0.717, 1.165) is 12.8 Å². The third kappa shape index (κ3) is 2.12. The van der Waals surface area contributed by atoms with Crippen LogP contribution in [0.3, 0.4) is 0 Å². The molecule has 0 N–H and O–H groups in total. The van der Waals surface area contributed by atoms with Crippen LogP contribution in [0.1, 0.15) is 54.6 Å². The lowest BCUT2D eigenvalue weighted by molar-refractivity contribution is 0.0523. The van der Waals surface area contributed by atoms with Crippen molar-refractivity contribution >= 4 is 16.9 Å². The molecular weight excluding hydrogens is 313 g/mol. The van der Waals surface area contributed by atoms with Crippen LogP contribution in [0.15, 0.2) is 17.1 Å². The highest BCUT2D eigenvalue weighted by molar-refractivity contribution is 5.96. The number of pyridine rings is 1. The van der Waals surface area contributed by atoms with Crippen LogP contribution < -0.4 is 10.2 Å². The van der Waals surface area contributed by atoms with Crippen molar-refractivity contribution in [2.45, 2.75) is 38.6 Å². The number of hydrogen-bond donors (Lipinski definition) is 0. The van der Waals surface area contributed by atoms with Gasteiger partial charge in [-0.2, -0.15) is 0 Å². The van der Waals surface area contributed by atoms with Crippen molar-refractivity contribution in [3.8, 4) is 5.75 Å². The number of ether oxygens (including phenoxy) is 2. The highest BCUT2D eigenvalue weighted by Gasteiger charge is 2.35. The van der Waals surface area contributed by atoms with Gasteiger partial charge in [0.05, 0.1) is 23.6 Å². The molecule has 4 rings (SSSR count). The summed E-state index contributed by atoms with van der Waals surface area (Å²) < 4.78 is 27.2. The Morgan fingerprint density at radius 2 is 2.21 bits per heavy atom. The van der Waals surface area contributed by atoms with Gasteiger partial charge in [-0.1, -0.05) is 0 Å². The third-order valence-electron chi connectivity index (χ3n) is 4.68. The third-order valence-corrected chi connectivity index (χ3v) is 4.68. The molecule has 1 saturated carbocycles. The van der Waals surface area contributed by atoms with Gasteiger partial charge in [0.1, 0.15) is 23.7 Å². The van der Waals surface area contributed by atoms with Crippen LogP contribution in [0.5, 0.6) is 5.75 Å². The highest BCUT2D eigenvalue weighted by Crippen LogP contribution is 2.49. The lowest BCUT2D eigenvalue weighted by atomic mass is 10.0. The van der Waals surface area contributed by atoms with Gasteiger partial charge >= 0.3 is 5.97 Å². The van der Waals surface area contributed by atoms with Crippen LogP contribution in [0, 0.1) is 5.82 Å². The van der Waals surface area contributed by atoms with Crippen molar-refractivity contribution in [1.82, 2.24) is 4.57 Å². The Kier molecular flexibility index (Phi) is 3.37. The van der Waals surface area contributed by atoms with Gasteiger partial charge in [-0.05, 0) is 38.7 Å². The quantitative estimate of drug-likeness (QED) is 0.811. The largest absolute Gasteiger partial charge is 0.489 e. The maximum absolute atomic E-state index is 14.6. The first-order chi connectivity index (χ1) is 11.5. The standard InChI is InChI=1S/C18H18FNO4/c1-3-23-18(22)12-7-20-9(2)8-24-17-14(10-4-5-10)13(19)6-11(15(17)20)16(12)21/h6-7,9-10H,3-5,8H2,1-2H3. The minimum Gasteiger partial charge on any atom is -0.489 e. The first-order valence-electron chi connectivity index (χ1n) is 8.24. The number of carbonyl (C=O) groups excluding carboxylic acids is 1. The fraction of sp³-hybridized carbons (Fsp3) is 0.444. The number of aromatic nitrogens is 1. The molecule has 5 nitrogen and oxygen atoms in total. The molecule has 0 bridgehead atoms. The molecule has 2 heterocycles. The predicted molar refractivity (Wildman–Crippen MR) is 86.3 cm³/mol. The Hall–Kier alpha value is -2.37. The van der Waals surface area contributed by atoms with Gasteiger partial charge in [0.25, 0.3) is 0 Å². The molecule has 1 unspecified atom stereocenters. The monoisotopic (exact) mass is 331 g/mol. The van der Waals surface area contributed by atoms with Crippen molar-refractivity contribution in [2.24, 2.45) is 0 Å². The molecule has 0 spiro atoms. The minimum absolute atomic E-state index is 0.0636. The van der Waals surface area contributed by atoms with Gasteiger partial charge < -0.3 is 14.0 Å². The average Bonchev–Trinajstić information content (AvgIpc) is 3.37. The van der Waals surface area contributed by atoms with Crippen LogP contribution in [0.25, 0.3) is 10.9 Å². The lowest BCUT2D eigenvalue weighted by Gasteiger charge is -2.28. The predicted octanol–water partition coefficient (Wildman–Crippen LogP) is 3.15. The van der Waals surface area contributed by atoms with E-state index in [2.05, 4.69) is 0 Å². The van der Waals surface area contributed by atoms with Gasteiger partial charge in [0.2, 0.25) is 5.43 Å². The number of rotatable bonds is 3. The Morgan fingerprint density at radius 3 is 2.88 bits per heavy atom. The van der Waals surface area contributed by atoms with E-state index >= 15 is 0 Å². The van der Waals surface area contributed by atoms with Crippen molar-refractivity contribution < 1.29 is 18.7 Å². The summed E-state index contributed by atoms with van der Waals surface area (Å²) in [6, 6.07) is 1.18. The van der Waals surface area contributed by atoms with Crippen molar-refractivity contribution in [3.63, 3.8) is 0 Å². The van der Waals surface area contributed by atoms with Gasteiger partial charge in [0, 0.05) is 11.8 Å². The normalized spacial score (nSPS) is 19.2. The molecule has 1 fully saturated rings. The smallest absolute Gasteiger partial charge is 0.343 e. The molecular formula is C18H18FNO4. The molecule has 1 aliphatic heterocycles. The summed E-state index contributed by atoms with van der Waals surface area (Å²) in [4.78, 5) is 24.8. The molecule has 0 amide bonds. The highest BCUT2D eigenvalue weighted by atomic mass is 19.1. The van der Waals surface area contributed by atoms with E-state index in [-0.39, 0.29) is 29.5 Å². The zero-order valence-electron chi connectivity index (χ0n) is 13.6. The van der Waals surface area contributed by atoms with Crippen LogP contribution >= 0.6 is 0 Å². The minimum atomic E-state index is -0.680. The number of halogens is 1. The molecule has 24 heavy (non-hydrogen) atoms. The molecule has 1 aliphatic carbocycles. The van der Waals surface area contributed by atoms with Crippen molar-refractivity contribution in [1.29, 1.82) is 0 Å². The Balaban J connectivity index is 2.07. The van der Waals surface area contributed by atoms with E-state index < -0.39 is 17.2 Å². The maximum atomic E-state index is 14.6. The SMILES string of the molecule is CCOC(=O)c1cn2c3c(c(C4CC4)c(F)cc3c1=O)OCC2C. The van der Waals surface area contributed by atoms with Crippen LogP contribution in [-0.4, -0.2) is 23.8 Å². The van der Waals surface area contributed by atoms with Crippen LogP contribution in [0.2, 0.25) is 0 Å². The first-order valence-corrected chi connectivity index (χ1v) is 8.24. The Morgan fingerprint density at radius 1 is 1.46 bits per heavy atom. The summed E-state index contributed by atoms with van der Waals surface area (Å²) in [7, 11) is 0. The zero-order chi connectivity index (χ0) is 17.0. The molecule has 2 aromatic rings. The molecule has 0 saturated heterocycles. The van der Waals surface area contributed by atoms with E-state index in [1.165, 1.54) is 12.3 Å². The molecule has 126 valence electrons. The second-order valence-electron chi connectivity index (χ2n) is 6.43. The van der Waals surface area contributed by atoms with E-state index in [0.29, 0.717) is 23.4 Å². The maximum Gasteiger partial charge on any atom is 0.343 e. The van der Waals surface area contributed by atoms with E-state index in [4.69, 9.17) is 9.47 Å². The van der Waals surface area contributed by atoms with Gasteiger partial charge in [0.15, 0.2) is 0 Å². The number of hydrogen-bond acceptors (Lipinski definition) is 4.